The molecule has 0 aliphatic rings. The van der Waals surface area contributed by atoms with Crippen molar-refractivity contribution in [2.45, 2.75) is 0 Å². The zero-order valence-electron chi connectivity index (χ0n) is 10.00. The normalized spacial score (nSPS) is 10.5. The van der Waals surface area contributed by atoms with Crippen LogP contribution in [0.2, 0.25) is 0 Å². The summed E-state index contributed by atoms with van der Waals surface area (Å²) in [5, 5.41) is 0.649. The van der Waals surface area contributed by atoms with Gasteiger partial charge in [0.15, 0.2) is 6.29 Å². The highest BCUT2D eigenvalue weighted by molar-refractivity contribution is 6.01. The van der Waals surface area contributed by atoms with Gasteiger partial charge in [0.25, 0.3) is 0 Å². The van der Waals surface area contributed by atoms with Gasteiger partial charge < -0.3 is 4.42 Å². The smallest absolute Gasteiger partial charge is 0.344 e. The molecule has 0 saturated carbocycles. The zero-order chi connectivity index (χ0) is 13.2. The Morgan fingerprint density at radius 3 is 2.32 bits per heavy atom. The first-order valence-corrected chi connectivity index (χ1v) is 5.87. The third-order valence-electron chi connectivity index (χ3n) is 3.03. The highest BCUT2D eigenvalue weighted by Crippen LogP contribution is 2.25. The van der Waals surface area contributed by atoms with Crippen molar-refractivity contribution >= 4 is 17.3 Å². The van der Waals surface area contributed by atoms with E-state index in [0.29, 0.717) is 33.9 Å². The molecule has 2 aromatic carbocycles. The Hall–Kier alpha value is -2.68. The Morgan fingerprint density at radius 2 is 1.58 bits per heavy atom. The van der Waals surface area contributed by atoms with Crippen molar-refractivity contribution in [2.24, 2.45) is 0 Å². The Kier molecular flexibility index (Phi) is 2.72. The van der Waals surface area contributed by atoms with Crippen LogP contribution in [0.25, 0.3) is 22.1 Å². The fourth-order valence-corrected chi connectivity index (χ4v) is 2.17. The van der Waals surface area contributed by atoms with Crippen LogP contribution in [-0.2, 0) is 0 Å². The molecule has 0 amide bonds. The topological polar surface area (TPSA) is 47.3 Å². The molecule has 0 saturated heterocycles. The predicted octanol–water partition coefficient (Wildman–Crippen LogP) is 3.27. The fourth-order valence-electron chi connectivity index (χ4n) is 2.17. The summed E-state index contributed by atoms with van der Waals surface area (Å²) in [4.78, 5) is 23.5. The Balaban J connectivity index is 2.46. The van der Waals surface area contributed by atoms with Crippen LogP contribution < -0.4 is 5.63 Å². The van der Waals surface area contributed by atoms with Crippen molar-refractivity contribution in [3.8, 4) is 11.1 Å². The summed E-state index contributed by atoms with van der Waals surface area (Å²) in [7, 11) is 0. The van der Waals surface area contributed by atoms with E-state index in [0.717, 1.165) is 0 Å². The van der Waals surface area contributed by atoms with Gasteiger partial charge in [-0.05, 0) is 11.6 Å². The minimum Gasteiger partial charge on any atom is -0.422 e. The van der Waals surface area contributed by atoms with E-state index in [1.807, 2.05) is 24.3 Å². The first kappa shape index (κ1) is 11.4. The van der Waals surface area contributed by atoms with E-state index in [2.05, 4.69) is 0 Å². The minimum atomic E-state index is -0.494. The van der Waals surface area contributed by atoms with Gasteiger partial charge in [0.1, 0.15) is 5.58 Å². The number of hydrogen-bond acceptors (Lipinski definition) is 3. The second-order valence-corrected chi connectivity index (χ2v) is 4.16. The van der Waals surface area contributed by atoms with Crippen LogP contribution in [0.4, 0.5) is 0 Å². The number of carbonyl (C=O) groups excluding carboxylic acids is 1. The van der Waals surface area contributed by atoms with Crippen LogP contribution in [0.3, 0.4) is 0 Å². The van der Waals surface area contributed by atoms with E-state index >= 15 is 0 Å². The quantitative estimate of drug-likeness (QED) is 0.518. The Labute approximate surface area is 109 Å². The molecule has 92 valence electrons. The van der Waals surface area contributed by atoms with Gasteiger partial charge >= 0.3 is 5.63 Å². The third-order valence-corrected chi connectivity index (χ3v) is 3.03. The molecule has 0 spiro atoms. The van der Waals surface area contributed by atoms with Gasteiger partial charge in [-0.25, -0.2) is 4.79 Å². The van der Waals surface area contributed by atoms with Gasteiger partial charge in [-0.1, -0.05) is 48.5 Å². The van der Waals surface area contributed by atoms with Crippen LogP contribution >= 0.6 is 0 Å². The predicted molar refractivity (Wildman–Crippen MR) is 73.3 cm³/mol. The third kappa shape index (κ3) is 1.85. The molecule has 0 fully saturated rings. The van der Waals surface area contributed by atoms with Gasteiger partial charge in [-0.3, -0.25) is 4.79 Å². The summed E-state index contributed by atoms with van der Waals surface area (Å²) in [6.07, 6.45) is 0.710. The number of carbonyl (C=O) groups is 1. The lowest BCUT2D eigenvalue weighted by Crippen LogP contribution is -2.07. The van der Waals surface area contributed by atoms with E-state index in [1.54, 1.807) is 30.3 Å². The average Bonchev–Trinajstić information content (AvgIpc) is 2.46. The summed E-state index contributed by atoms with van der Waals surface area (Å²) in [5.74, 6) is 0. The molecule has 1 aromatic heterocycles. The standard InChI is InChI=1S/C16H10O3/c17-10-13-12-8-4-5-9-14(12)19-16(18)15(13)11-6-2-1-3-7-11/h1-10H. The molecular formula is C16H10O3. The van der Waals surface area contributed by atoms with E-state index in [4.69, 9.17) is 4.42 Å². The van der Waals surface area contributed by atoms with Crippen molar-refractivity contribution in [2.75, 3.05) is 0 Å². The van der Waals surface area contributed by atoms with Gasteiger partial charge in [-0.2, -0.15) is 0 Å². The molecule has 0 radical (unpaired) electrons. The maximum Gasteiger partial charge on any atom is 0.344 e. The molecule has 0 unspecified atom stereocenters. The Morgan fingerprint density at radius 1 is 0.895 bits per heavy atom. The Bertz CT molecular complexity index is 801. The molecule has 3 rings (SSSR count). The van der Waals surface area contributed by atoms with Crippen molar-refractivity contribution in [1.82, 2.24) is 0 Å². The second kappa shape index (κ2) is 4.53. The summed E-state index contributed by atoms with van der Waals surface area (Å²) in [5.41, 5.74) is 1.30. The average molecular weight is 250 g/mol. The fraction of sp³-hybridized carbons (Fsp3) is 0. The van der Waals surface area contributed by atoms with Gasteiger partial charge in [-0.15, -0.1) is 0 Å². The van der Waals surface area contributed by atoms with Crippen LogP contribution in [0, 0.1) is 0 Å². The lowest BCUT2D eigenvalue weighted by molar-refractivity contribution is 0.112. The lowest BCUT2D eigenvalue weighted by Gasteiger charge is -2.06. The number of rotatable bonds is 2. The molecular weight excluding hydrogens is 240 g/mol. The molecule has 0 atom stereocenters. The van der Waals surface area contributed by atoms with E-state index in [-0.39, 0.29) is 0 Å². The summed E-state index contributed by atoms with van der Waals surface area (Å²) >= 11 is 0. The van der Waals surface area contributed by atoms with Crippen molar-refractivity contribution in [1.29, 1.82) is 0 Å². The zero-order valence-corrected chi connectivity index (χ0v) is 10.00. The number of benzene rings is 2. The van der Waals surface area contributed by atoms with E-state index in [9.17, 15) is 9.59 Å². The summed E-state index contributed by atoms with van der Waals surface area (Å²) < 4.78 is 5.28. The maximum atomic E-state index is 12.1. The van der Waals surface area contributed by atoms with Gasteiger partial charge in [0, 0.05) is 10.9 Å². The molecule has 0 aliphatic carbocycles. The molecule has 1 heterocycles. The molecule has 3 aromatic rings. The monoisotopic (exact) mass is 250 g/mol. The van der Waals surface area contributed by atoms with Crippen LogP contribution in [0.15, 0.2) is 63.8 Å². The summed E-state index contributed by atoms with van der Waals surface area (Å²) in [6.45, 7) is 0. The highest BCUT2D eigenvalue weighted by atomic mass is 16.4. The number of fused-ring (bicyclic) bond motifs is 1. The SMILES string of the molecule is O=Cc1c(-c2ccccc2)c(=O)oc2ccccc12. The maximum absolute atomic E-state index is 12.1. The molecule has 0 N–H and O–H groups in total. The van der Waals surface area contributed by atoms with Gasteiger partial charge in [0.05, 0.1) is 5.56 Å². The highest BCUT2D eigenvalue weighted by Gasteiger charge is 2.15. The number of para-hydroxylation sites is 1. The van der Waals surface area contributed by atoms with Crippen LogP contribution in [0.5, 0.6) is 0 Å². The first-order valence-electron chi connectivity index (χ1n) is 5.87. The molecule has 0 bridgehead atoms. The van der Waals surface area contributed by atoms with Crippen LogP contribution in [-0.4, -0.2) is 6.29 Å². The van der Waals surface area contributed by atoms with Crippen molar-refractivity contribution in [3.63, 3.8) is 0 Å². The number of hydrogen-bond donors (Lipinski definition) is 0. The van der Waals surface area contributed by atoms with Crippen molar-refractivity contribution < 1.29 is 9.21 Å². The molecule has 3 nitrogen and oxygen atoms in total. The molecule has 19 heavy (non-hydrogen) atoms. The number of aldehydes is 1. The minimum absolute atomic E-state index is 0.314. The van der Waals surface area contributed by atoms with Crippen LogP contribution in [0.1, 0.15) is 10.4 Å². The van der Waals surface area contributed by atoms with Crippen molar-refractivity contribution in [3.05, 3.63) is 70.6 Å². The first-order chi connectivity index (χ1) is 9.31. The van der Waals surface area contributed by atoms with E-state index < -0.39 is 5.63 Å². The molecule has 3 heteroatoms. The van der Waals surface area contributed by atoms with E-state index in [1.165, 1.54) is 0 Å². The summed E-state index contributed by atoms with van der Waals surface area (Å²) in [6, 6.07) is 16.1. The lowest BCUT2D eigenvalue weighted by atomic mass is 9.99. The second-order valence-electron chi connectivity index (χ2n) is 4.16. The molecule has 0 aliphatic heterocycles. The van der Waals surface area contributed by atoms with Gasteiger partial charge in [0.2, 0.25) is 0 Å². The largest absolute Gasteiger partial charge is 0.422 e.